The minimum atomic E-state index is 0.145. The summed E-state index contributed by atoms with van der Waals surface area (Å²) < 4.78 is 0. The minimum Gasteiger partial charge on any atom is -0.353 e. The van der Waals surface area contributed by atoms with Gasteiger partial charge in [-0.1, -0.05) is 31.5 Å². The predicted octanol–water partition coefficient (Wildman–Crippen LogP) is 3.80. The van der Waals surface area contributed by atoms with Gasteiger partial charge in [0.05, 0.1) is 0 Å². The lowest BCUT2D eigenvalue weighted by molar-refractivity contribution is 0.0745. The van der Waals surface area contributed by atoms with Crippen LogP contribution >= 0.6 is 0 Å². The number of piperazine rings is 1. The van der Waals surface area contributed by atoms with Crippen LogP contribution in [0.25, 0.3) is 0 Å². The zero-order valence-corrected chi connectivity index (χ0v) is 17.3. The first-order valence-electron chi connectivity index (χ1n) is 9.74. The molecule has 1 aromatic heterocycles. The molecule has 144 valence electrons. The Hall–Kier alpha value is -2.43. The Bertz CT molecular complexity index is 828. The largest absolute Gasteiger partial charge is 0.353 e. The average Bonchev–Trinajstić information content (AvgIpc) is 2.60. The van der Waals surface area contributed by atoms with E-state index in [0.717, 1.165) is 47.1 Å². The third-order valence-corrected chi connectivity index (χ3v) is 5.16. The molecule has 1 amide bonds. The Morgan fingerprint density at radius 3 is 2.07 bits per heavy atom. The van der Waals surface area contributed by atoms with Crippen molar-refractivity contribution < 1.29 is 4.79 Å². The molecule has 0 spiro atoms. The standard InChI is InChI=1S/C22H30N4O/c1-14(2)21-23-18(6)13-19(24-21)25-7-9-26(10-8-25)22(27)20-16(4)11-15(3)12-17(20)5/h11-14H,7-10H2,1-6H3. The summed E-state index contributed by atoms with van der Waals surface area (Å²) >= 11 is 0. The van der Waals surface area contributed by atoms with Crippen molar-refractivity contribution in [3.63, 3.8) is 0 Å². The monoisotopic (exact) mass is 366 g/mol. The van der Waals surface area contributed by atoms with E-state index >= 15 is 0 Å². The molecule has 0 unspecified atom stereocenters. The first-order valence-corrected chi connectivity index (χ1v) is 9.74. The van der Waals surface area contributed by atoms with E-state index in [1.165, 1.54) is 5.56 Å². The smallest absolute Gasteiger partial charge is 0.254 e. The number of nitrogens with zero attached hydrogens (tertiary/aromatic N) is 4. The highest BCUT2D eigenvalue weighted by atomic mass is 16.2. The van der Waals surface area contributed by atoms with E-state index < -0.39 is 0 Å². The Labute approximate surface area is 162 Å². The summed E-state index contributed by atoms with van der Waals surface area (Å²) in [5, 5.41) is 0. The van der Waals surface area contributed by atoms with Crippen molar-refractivity contribution >= 4 is 11.7 Å². The number of amides is 1. The zero-order chi connectivity index (χ0) is 19.7. The Balaban J connectivity index is 1.73. The summed E-state index contributed by atoms with van der Waals surface area (Å²) in [5.41, 5.74) is 5.18. The molecular formula is C22H30N4O. The number of benzene rings is 1. The van der Waals surface area contributed by atoms with E-state index in [4.69, 9.17) is 4.98 Å². The fourth-order valence-electron chi connectivity index (χ4n) is 3.81. The maximum Gasteiger partial charge on any atom is 0.254 e. The van der Waals surface area contributed by atoms with E-state index in [1.54, 1.807) is 0 Å². The second-order valence-corrected chi connectivity index (χ2v) is 7.93. The van der Waals surface area contributed by atoms with Gasteiger partial charge in [0.2, 0.25) is 0 Å². The van der Waals surface area contributed by atoms with E-state index in [2.05, 4.69) is 42.8 Å². The van der Waals surface area contributed by atoms with E-state index in [9.17, 15) is 4.79 Å². The maximum absolute atomic E-state index is 13.1. The van der Waals surface area contributed by atoms with Crippen LogP contribution in [-0.4, -0.2) is 47.0 Å². The Morgan fingerprint density at radius 2 is 1.52 bits per heavy atom. The van der Waals surface area contributed by atoms with Crippen LogP contribution < -0.4 is 4.90 Å². The van der Waals surface area contributed by atoms with Crippen molar-refractivity contribution in [2.24, 2.45) is 0 Å². The fourth-order valence-corrected chi connectivity index (χ4v) is 3.81. The second kappa shape index (κ2) is 7.67. The molecule has 5 heteroatoms. The number of anilines is 1. The van der Waals surface area contributed by atoms with Gasteiger partial charge < -0.3 is 9.80 Å². The summed E-state index contributed by atoms with van der Waals surface area (Å²) in [4.78, 5) is 26.6. The molecule has 0 radical (unpaired) electrons. The number of hydrogen-bond donors (Lipinski definition) is 0. The average molecular weight is 367 g/mol. The van der Waals surface area contributed by atoms with Crippen LogP contribution in [0.1, 0.15) is 58.3 Å². The van der Waals surface area contributed by atoms with E-state index in [1.807, 2.05) is 31.7 Å². The topological polar surface area (TPSA) is 49.3 Å². The van der Waals surface area contributed by atoms with Gasteiger partial charge in [0.1, 0.15) is 11.6 Å². The summed E-state index contributed by atoms with van der Waals surface area (Å²) in [5.74, 6) is 2.31. The van der Waals surface area contributed by atoms with Crippen molar-refractivity contribution in [2.45, 2.75) is 47.5 Å². The summed E-state index contributed by atoms with van der Waals surface area (Å²) in [7, 11) is 0. The summed E-state index contributed by atoms with van der Waals surface area (Å²) in [6, 6.07) is 6.22. The lowest BCUT2D eigenvalue weighted by Gasteiger charge is -2.36. The molecule has 0 N–H and O–H groups in total. The summed E-state index contributed by atoms with van der Waals surface area (Å²) in [6.07, 6.45) is 0. The molecule has 1 saturated heterocycles. The predicted molar refractivity (Wildman–Crippen MR) is 110 cm³/mol. The molecular weight excluding hydrogens is 336 g/mol. The molecule has 2 heterocycles. The molecule has 0 saturated carbocycles. The molecule has 1 aliphatic rings. The number of aryl methyl sites for hydroxylation is 4. The van der Waals surface area contributed by atoms with Crippen molar-refractivity contribution in [1.29, 1.82) is 0 Å². The van der Waals surface area contributed by atoms with Crippen molar-refractivity contribution in [3.8, 4) is 0 Å². The summed E-state index contributed by atoms with van der Waals surface area (Å²) in [6.45, 7) is 15.4. The normalized spacial score (nSPS) is 14.8. The van der Waals surface area contributed by atoms with Gasteiger partial charge in [-0.3, -0.25) is 4.79 Å². The SMILES string of the molecule is Cc1cc(C)c(C(=O)N2CCN(c3cc(C)nc(C(C)C)n3)CC2)c(C)c1. The van der Waals surface area contributed by atoms with Gasteiger partial charge in [-0.25, -0.2) is 9.97 Å². The van der Waals surface area contributed by atoms with Crippen molar-refractivity contribution in [3.05, 3.63) is 52.0 Å². The number of rotatable bonds is 3. The number of hydrogen-bond acceptors (Lipinski definition) is 4. The fraction of sp³-hybridized carbons (Fsp3) is 0.500. The van der Waals surface area contributed by atoms with Crippen LogP contribution in [0.15, 0.2) is 18.2 Å². The highest BCUT2D eigenvalue weighted by Gasteiger charge is 2.25. The van der Waals surface area contributed by atoms with Crippen LogP contribution in [0.3, 0.4) is 0 Å². The molecule has 5 nitrogen and oxygen atoms in total. The van der Waals surface area contributed by atoms with Gasteiger partial charge in [-0.05, 0) is 38.8 Å². The molecule has 0 atom stereocenters. The minimum absolute atomic E-state index is 0.145. The first-order chi connectivity index (χ1) is 12.8. The van der Waals surface area contributed by atoms with Gasteiger partial charge in [0.25, 0.3) is 5.91 Å². The van der Waals surface area contributed by atoms with Crippen LogP contribution in [0.4, 0.5) is 5.82 Å². The molecule has 1 aliphatic heterocycles. The number of aromatic nitrogens is 2. The molecule has 2 aromatic rings. The van der Waals surface area contributed by atoms with Gasteiger partial charge in [0.15, 0.2) is 0 Å². The van der Waals surface area contributed by atoms with Crippen LogP contribution in [0, 0.1) is 27.7 Å². The highest BCUT2D eigenvalue weighted by molar-refractivity contribution is 5.97. The highest BCUT2D eigenvalue weighted by Crippen LogP contribution is 2.22. The van der Waals surface area contributed by atoms with Crippen molar-refractivity contribution in [2.75, 3.05) is 31.1 Å². The van der Waals surface area contributed by atoms with E-state index in [0.29, 0.717) is 19.0 Å². The van der Waals surface area contributed by atoms with Crippen LogP contribution in [0.2, 0.25) is 0 Å². The van der Waals surface area contributed by atoms with Gasteiger partial charge in [-0.2, -0.15) is 0 Å². The van der Waals surface area contributed by atoms with Gasteiger partial charge >= 0.3 is 0 Å². The molecule has 3 rings (SSSR count). The third kappa shape index (κ3) is 4.12. The van der Waals surface area contributed by atoms with Crippen LogP contribution in [0.5, 0.6) is 0 Å². The van der Waals surface area contributed by atoms with Crippen LogP contribution in [-0.2, 0) is 0 Å². The van der Waals surface area contributed by atoms with Crippen molar-refractivity contribution in [1.82, 2.24) is 14.9 Å². The quantitative estimate of drug-likeness (QED) is 0.829. The molecule has 0 aliphatic carbocycles. The first kappa shape index (κ1) is 19.3. The Kier molecular flexibility index (Phi) is 5.49. The number of carbonyl (C=O) groups is 1. The van der Waals surface area contributed by atoms with Gasteiger partial charge in [0, 0.05) is 49.4 Å². The Morgan fingerprint density at radius 1 is 0.926 bits per heavy atom. The number of carbonyl (C=O) groups excluding carboxylic acids is 1. The maximum atomic E-state index is 13.1. The molecule has 27 heavy (non-hydrogen) atoms. The molecule has 1 fully saturated rings. The second-order valence-electron chi connectivity index (χ2n) is 7.93. The lowest BCUT2D eigenvalue weighted by Crippen LogP contribution is -2.49. The van der Waals surface area contributed by atoms with E-state index in [-0.39, 0.29) is 5.91 Å². The molecule has 0 bridgehead atoms. The zero-order valence-electron chi connectivity index (χ0n) is 17.3. The van der Waals surface area contributed by atoms with Gasteiger partial charge in [-0.15, -0.1) is 0 Å². The molecule has 1 aromatic carbocycles. The third-order valence-electron chi connectivity index (χ3n) is 5.16. The lowest BCUT2D eigenvalue weighted by atomic mass is 9.98.